The highest BCUT2D eigenvalue weighted by Crippen LogP contribution is 2.08. The summed E-state index contributed by atoms with van der Waals surface area (Å²) in [7, 11) is 0. The molecule has 0 aliphatic heterocycles. The van der Waals surface area contributed by atoms with Gasteiger partial charge in [0.2, 0.25) is 0 Å². The van der Waals surface area contributed by atoms with Crippen molar-refractivity contribution in [2.45, 2.75) is 19.6 Å². The summed E-state index contributed by atoms with van der Waals surface area (Å²) in [6.07, 6.45) is -0.549. The Hall–Kier alpha value is -0.980. The third-order valence-corrected chi connectivity index (χ3v) is 2.39. The van der Waals surface area contributed by atoms with Crippen LogP contribution in [-0.2, 0) is 6.54 Å². The Balaban J connectivity index is 2.52. The molecule has 1 unspecified atom stereocenters. The van der Waals surface area contributed by atoms with E-state index in [4.69, 9.17) is 10.8 Å². The number of hydrogen-bond acceptors (Lipinski definition) is 5. The maximum Gasteiger partial charge on any atom is 0.270 e. The van der Waals surface area contributed by atoms with Crippen LogP contribution in [0.25, 0.3) is 0 Å². The number of aliphatic hydroxyl groups excluding tert-OH is 1. The van der Waals surface area contributed by atoms with Gasteiger partial charge in [-0.1, -0.05) is 0 Å². The van der Waals surface area contributed by atoms with Crippen LogP contribution in [0.5, 0.6) is 0 Å². The third-order valence-electron chi connectivity index (χ3n) is 1.52. The molecular formula is C8H13N3O2S. The first-order valence-corrected chi connectivity index (χ1v) is 5.12. The molecule has 0 aliphatic rings. The number of nitrogens with two attached hydrogens (primary N) is 1. The molecule has 0 saturated carbocycles. The van der Waals surface area contributed by atoms with Gasteiger partial charge in [-0.05, 0) is 6.92 Å². The predicted molar refractivity (Wildman–Crippen MR) is 54.0 cm³/mol. The van der Waals surface area contributed by atoms with E-state index in [2.05, 4.69) is 10.3 Å². The molecule has 1 aromatic heterocycles. The van der Waals surface area contributed by atoms with E-state index in [-0.39, 0.29) is 12.5 Å². The number of rotatable bonds is 4. The number of nitrogens with zero attached hydrogens (tertiary/aromatic N) is 1. The highest BCUT2D eigenvalue weighted by Gasteiger charge is 2.09. The monoisotopic (exact) mass is 215 g/mol. The van der Waals surface area contributed by atoms with Crippen molar-refractivity contribution in [2.24, 2.45) is 5.73 Å². The molecule has 6 heteroatoms. The summed E-state index contributed by atoms with van der Waals surface area (Å²) in [5.41, 5.74) is 5.72. The first-order valence-electron chi connectivity index (χ1n) is 4.24. The maximum absolute atomic E-state index is 11.4. The summed E-state index contributed by atoms with van der Waals surface area (Å²) in [4.78, 5) is 15.4. The largest absolute Gasteiger partial charge is 0.392 e. The van der Waals surface area contributed by atoms with Crippen molar-refractivity contribution >= 4 is 17.2 Å². The average molecular weight is 215 g/mol. The topological polar surface area (TPSA) is 88.2 Å². The predicted octanol–water partition coefficient (Wildman–Crippen LogP) is -0.288. The maximum atomic E-state index is 11.4. The zero-order valence-electron chi connectivity index (χ0n) is 7.86. The van der Waals surface area contributed by atoms with Gasteiger partial charge < -0.3 is 16.2 Å². The number of amides is 1. The van der Waals surface area contributed by atoms with Crippen molar-refractivity contribution in [1.82, 2.24) is 10.3 Å². The zero-order chi connectivity index (χ0) is 10.6. The fraction of sp³-hybridized carbons (Fsp3) is 0.500. The molecule has 1 heterocycles. The van der Waals surface area contributed by atoms with Gasteiger partial charge in [-0.25, -0.2) is 4.98 Å². The van der Waals surface area contributed by atoms with Crippen molar-refractivity contribution in [1.29, 1.82) is 0 Å². The standard InChI is InChI=1S/C8H13N3O2S/c1-5(12)3-10-8(13)6-4-14-7(2-9)11-6/h4-5,12H,2-3,9H2,1H3,(H,10,13). The molecule has 0 aliphatic carbocycles. The Kier molecular flexibility index (Phi) is 3.99. The van der Waals surface area contributed by atoms with E-state index in [1.54, 1.807) is 12.3 Å². The van der Waals surface area contributed by atoms with Crippen LogP contribution in [0.1, 0.15) is 22.4 Å². The molecule has 0 fully saturated rings. The van der Waals surface area contributed by atoms with E-state index in [9.17, 15) is 4.79 Å². The molecule has 5 nitrogen and oxygen atoms in total. The van der Waals surface area contributed by atoms with Gasteiger partial charge in [0, 0.05) is 18.5 Å². The molecule has 0 radical (unpaired) electrons. The number of hydrogen-bond donors (Lipinski definition) is 3. The van der Waals surface area contributed by atoms with Gasteiger partial charge in [0.1, 0.15) is 10.7 Å². The summed E-state index contributed by atoms with van der Waals surface area (Å²) >= 11 is 1.35. The van der Waals surface area contributed by atoms with E-state index in [1.807, 2.05) is 0 Å². The highest BCUT2D eigenvalue weighted by molar-refractivity contribution is 7.09. The lowest BCUT2D eigenvalue weighted by Gasteiger charge is -2.04. The summed E-state index contributed by atoms with van der Waals surface area (Å²) in [5.74, 6) is -0.276. The van der Waals surface area contributed by atoms with Crippen molar-refractivity contribution in [3.8, 4) is 0 Å². The minimum absolute atomic E-state index is 0.230. The Labute approximate surface area is 86.0 Å². The summed E-state index contributed by atoms with van der Waals surface area (Å²) in [6, 6.07) is 0. The second-order valence-corrected chi connectivity index (χ2v) is 3.83. The molecule has 78 valence electrons. The quantitative estimate of drug-likeness (QED) is 0.644. The number of aromatic nitrogens is 1. The van der Waals surface area contributed by atoms with E-state index in [0.29, 0.717) is 12.2 Å². The lowest BCUT2D eigenvalue weighted by Crippen LogP contribution is -2.30. The first-order chi connectivity index (χ1) is 6.63. The van der Waals surface area contributed by atoms with Gasteiger partial charge in [-0.15, -0.1) is 11.3 Å². The molecule has 0 spiro atoms. The molecular weight excluding hydrogens is 202 g/mol. The number of nitrogens with one attached hydrogen (secondary N) is 1. The summed E-state index contributed by atoms with van der Waals surface area (Å²) < 4.78 is 0. The second-order valence-electron chi connectivity index (χ2n) is 2.89. The minimum atomic E-state index is -0.549. The van der Waals surface area contributed by atoms with Crippen LogP contribution >= 0.6 is 11.3 Å². The normalized spacial score (nSPS) is 12.5. The van der Waals surface area contributed by atoms with Crippen molar-refractivity contribution in [3.05, 3.63) is 16.1 Å². The fourth-order valence-corrected chi connectivity index (χ4v) is 1.49. The lowest BCUT2D eigenvalue weighted by molar-refractivity contribution is 0.0919. The molecule has 1 rings (SSSR count). The average Bonchev–Trinajstić information content (AvgIpc) is 2.62. The van der Waals surface area contributed by atoms with Crippen LogP contribution in [0.4, 0.5) is 0 Å². The molecule has 1 amide bonds. The van der Waals surface area contributed by atoms with E-state index >= 15 is 0 Å². The van der Waals surface area contributed by atoms with Gasteiger partial charge in [-0.3, -0.25) is 4.79 Å². The summed E-state index contributed by atoms with van der Waals surface area (Å²) in [6.45, 7) is 2.18. The van der Waals surface area contributed by atoms with Gasteiger partial charge in [0.15, 0.2) is 0 Å². The Bertz CT molecular complexity index is 311. The van der Waals surface area contributed by atoms with Crippen LogP contribution in [0.3, 0.4) is 0 Å². The van der Waals surface area contributed by atoms with E-state index in [0.717, 1.165) is 5.01 Å². The Morgan fingerprint density at radius 3 is 3.07 bits per heavy atom. The smallest absolute Gasteiger partial charge is 0.270 e. The molecule has 4 N–H and O–H groups in total. The fourth-order valence-electron chi connectivity index (χ4n) is 0.840. The third kappa shape index (κ3) is 3.06. The van der Waals surface area contributed by atoms with Crippen LogP contribution in [-0.4, -0.2) is 28.6 Å². The van der Waals surface area contributed by atoms with Gasteiger partial charge in [-0.2, -0.15) is 0 Å². The van der Waals surface area contributed by atoms with Crippen LogP contribution in [0.2, 0.25) is 0 Å². The number of carbonyl (C=O) groups is 1. The minimum Gasteiger partial charge on any atom is -0.392 e. The van der Waals surface area contributed by atoms with Gasteiger partial charge >= 0.3 is 0 Å². The first kappa shape index (κ1) is 11.1. The molecule has 0 aromatic carbocycles. The SMILES string of the molecule is CC(O)CNC(=O)c1csc(CN)n1. The van der Waals surface area contributed by atoms with Crippen LogP contribution < -0.4 is 11.1 Å². The molecule has 1 atom stereocenters. The van der Waals surface area contributed by atoms with Crippen LogP contribution in [0.15, 0.2) is 5.38 Å². The lowest BCUT2D eigenvalue weighted by atomic mass is 10.4. The Morgan fingerprint density at radius 2 is 2.57 bits per heavy atom. The van der Waals surface area contributed by atoms with Crippen molar-refractivity contribution in [3.63, 3.8) is 0 Å². The second kappa shape index (κ2) is 5.04. The van der Waals surface area contributed by atoms with Gasteiger partial charge in [0.25, 0.3) is 5.91 Å². The highest BCUT2D eigenvalue weighted by atomic mass is 32.1. The molecule has 1 aromatic rings. The number of carbonyl (C=O) groups excluding carboxylic acids is 1. The van der Waals surface area contributed by atoms with E-state index in [1.165, 1.54) is 11.3 Å². The van der Waals surface area contributed by atoms with Gasteiger partial charge in [0.05, 0.1) is 6.10 Å². The number of aliphatic hydroxyl groups is 1. The van der Waals surface area contributed by atoms with Crippen LogP contribution in [0, 0.1) is 0 Å². The van der Waals surface area contributed by atoms with Crippen molar-refractivity contribution in [2.75, 3.05) is 6.54 Å². The molecule has 0 saturated heterocycles. The number of thiazole rings is 1. The summed E-state index contributed by atoms with van der Waals surface area (Å²) in [5, 5.41) is 13.9. The Morgan fingerprint density at radius 1 is 1.86 bits per heavy atom. The molecule has 14 heavy (non-hydrogen) atoms. The zero-order valence-corrected chi connectivity index (χ0v) is 8.67. The molecule has 0 bridgehead atoms. The van der Waals surface area contributed by atoms with Crippen molar-refractivity contribution < 1.29 is 9.90 Å². The van der Waals surface area contributed by atoms with E-state index < -0.39 is 6.10 Å².